The first-order chi connectivity index (χ1) is 7.29. The predicted octanol–water partition coefficient (Wildman–Crippen LogP) is 1.80. The van der Waals surface area contributed by atoms with Crippen LogP contribution in [0.1, 0.15) is 25.7 Å². The number of unbranched alkanes of at least 4 members (excludes halogenated alkanes) is 2. The van der Waals surface area contributed by atoms with Gasteiger partial charge in [0.1, 0.15) is 6.07 Å². The molecule has 0 bridgehead atoms. The normalized spacial score (nSPS) is 12.6. The van der Waals surface area contributed by atoms with Gasteiger partial charge in [0.25, 0.3) is 0 Å². The van der Waals surface area contributed by atoms with Gasteiger partial charge >= 0.3 is 0 Å². The molecule has 0 aromatic carbocycles. The molecule has 0 aliphatic carbocycles. The van der Waals surface area contributed by atoms with Gasteiger partial charge in [-0.1, -0.05) is 6.42 Å². The van der Waals surface area contributed by atoms with Gasteiger partial charge in [0.15, 0.2) is 5.34 Å². The summed E-state index contributed by atoms with van der Waals surface area (Å²) >= 11 is 0. The smallest absolute Gasteiger partial charge is 0.231 e. The zero-order chi connectivity index (χ0) is 11.5. The molecule has 0 rings (SSSR count). The molecule has 0 aliphatic rings. The van der Waals surface area contributed by atoms with Crippen molar-refractivity contribution in [3.05, 3.63) is 4.91 Å². The maximum Gasteiger partial charge on any atom is 0.231 e. The Hall–Kier alpha value is -2.13. The Balaban J connectivity index is 4.02. The maximum absolute atomic E-state index is 9.80. The molecule has 0 radical (unpaired) electrons. The molecule has 15 heavy (non-hydrogen) atoms. The molecule has 0 aliphatic heterocycles. The van der Waals surface area contributed by atoms with Crippen molar-refractivity contribution >= 4 is 0 Å². The van der Waals surface area contributed by atoms with Crippen LogP contribution in [0.4, 0.5) is 0 Å². The van der Waals surface area contributed by atoms with Crippen molar-refractivity contribution in [2.75, 3.05) is 0 Å². The van der Waals surface area contributed by atoms with Crippen LogP contribution in [0, 0.1) is 44.8 Å². The molecular formula is C9H10N4O2. The predicted molar refractivity (Wildman–Crippen MR) is 49.5 cm³/mol. The Morgan fingerprint density at radius 2 is 1.93 bits per heavy atom. The van der Waals surface area contributed by atoms with E-state index in [1.54, 1.807) is 6.07 Å². The summed E-state index contributed by atoms with van der Waals surface area (Å²) in [5.74, 6) is -0.675. The lowest BCUT2D eigenvalue weighted by atomic mass is 9.98. The molecular weight excluding hydrogens is 196 g/mol. The number of nitrogens with zero attached hydrogens (tertiary/aromatic N) is 4. The summed E-state index contributed by atoms with van der Waals surface area (Å²) in [4.78, 5) is 14.0. The highest BCUT2D eigenvalue weighted by Crippen LogP contribution is 2.15. The van der Waals surface area contributed by atoms with E-state index in [0.29, 0.717) is 25.7 Å². The Morgan fingerprint density at radius 3 is 2.40 bits per heavy atom. The van der Waals surface area contributed by atoms with E-state index in [9.17, 15) is 4.91 Å². The fourth-order valence-electron chi connectivity index (χ4n) is 1.09. The number of hydrogen-bond donors (Lipinski definition) is 0. The van der Waals surface area contributed by atoms with E-state index >= 15 is 0 Å². The van der Waals surface area contributed by atoms with E-state index < -0.39 is 12.0 Å². The fraction of sp³-hybridized carbons (Fsp3) is 0.667. The monoisotopic (exact) mass is 206 g/mol. The van der Waals surface area contributed by atoms with Crippen LogP contribution in [0.5, 0.6) is 0 Å². The molecule has 0 saturated heterocycles. The molecule has 0 heterocycles. The van der Waals surface area contributed by atoms with E-state index in [-0.39, 0.29) is 0 Å². The second-order valence-corrected chi connectivity index (χ2v) is 2.87. The molecule has 0 spiro atoms. The SMILES string of the molecule is N#CCCCCC(C#N)C(C#N)ON=O. The summed E-state index contributed by atoms with van der Waals surface area (Å²) in [6.45, 7) is 0. The van der Waals surface area contributed by atoms with Gasteiger partial charge in [-0.25, -0.2) is 0 Å². The van der Waals surface area contributed by atoms with Crippen molar-refractivity contribution in [2.45, 2.75) is 31.8 Å². The van der Waals surface area contributed by atoms with Crippen molar-refractivity contribution in [3.8, 4) is 18.2 Å². The van der Waals surface area contributed by atoms with Gasteiger partial charge in [0.2, 0.25) is 6.10 Å². The molecule has 6 heteroatoms. The van der Waals surface area contributed by atoms with Crippen LogP contribution in [0.25, 0.3) is 0 Å². The third-order valence-electron chi connectivity index (χ3n) is 1.87. The van der Waals surface area contributed by atoms with Gasteiger partial charge in [0.05, 0.1) is 18.1 Å². The second-order valence-electron chi connectivity index (χ2n) is 2.87. The molecule has 6 nitrogen and oxygen atoms in total. The maximum atomic E-state index is 9.80. The van der Waals surface area contributed by atoms with Crippen LogP contribution in [0.3, 0.4) is 0 Å². The van der Waals surface area contributed by atoms with Crippen LogP contribution in [-0.2, 0) is 4.84 Å². The van der Waals surface area contributed by atoms with Gasteiger partial charge in [-0.2, -0.15) is 15.8 Å². The van der Waals surface area contributed by atoms with E-state index in [4.69, 9.17) is 15.8 Å². The number of rotatable bonds is 7. The molecule has 0 fully saturated rings. The van der Waals surface area contributed by atoms with Gasteiger partial charge in [-0.3, -0.25) is 0 Å². The molecule has 0 aromatic rings. The van der Waals surface area contributed by atoms with E-state index in [2.05, 4.69) is 10.2 Å². The summed E-state index contributed by atoms with van der Waals surface area (Å²) in [5.41, 5.74) is 0. The van der Waals surface area contributed by atoms with Crippen LogP contribution >= 0.6 is 0 Å². The minimum absolute atomic E-state index is 0.419. The first kappa shape index (κ1) is 12.9. The number of nitriles is 3. The van der Waals surface area contributed by atoms with Crippen molar-refractivity contribution in [2.24, 2.45) is 11.3 Å². The summed E-state index contributed by atoms with van der Waals surface area (Å²) in [7, 11) is 0. The molecule has 2 atom stereocenters. The largest absolute Gasteiger partial charge is 0.344 e. The first-order valence-corrected chi connectivity index (χ1v) is 4.44. The average Bonchev–Trinajstić information content (AvgIpc) is 2.27. The highest BCUT2D eigenvalue weighted by atomic mass is 16.7. The summed E-state index contributed by atoms with van der Waals surface area (Å²) in [6.07, 6.45) is 1.04. The van der Waals surface area contributed by atoms with E-state index in [1.807, 2.05) is 12.1 Å². The van der Waals surface area contributed by atoms with Crippen LogP contribution in [-0.4, -0.2) is 6.10 Å². The summed E-state index contributed by atoms with van der Waals surface area (Å²) < 4.78 is 0. The topological polar surface area (TPSA) is 110 Å². The van der Waals surface area contributed by atoms with Crippen LogP contribution in [0.15, 0.2) is 5.34 Å². The van der Waals surface area contributed by atoms with Crippen LogP contribution < -0.4 is 0 Å². The quantitative estimate of drug-likeness (QED) is 0.358. The molecule has 0 saturated carbocycles. The standard InChI is InChI=1S/C9H10N4O2/c10-5-3-1-2-4-8(6-11)9(7-12)15-13-14/h8-9H,1-4H2. The lowest BCUT2D eigenvalue weighted by Gasteiger charge is -2.10. The van der Waals surface area contributed by atoms with E-state index in [0.717, 1.165) is 0 Å². The third kappa shape index (κ3) is 5.23. The zero-order valence-corrected chi connectivity index (χ0v) is 8.09. The molecule has 0 N–H and O–H groups in total. The van der Waals surface area contributed by atoms with Crippen molar-refractivity contribution in [3.63, 3.8) is 0 Å². The highest BCUT2D eigenvalue weighted by Gasteiger charge is 2.22. The van der Waals surface area contributed by atoms with Crippen molar-refractivity contribution in [1.82, 2.24) is 0 Å². The van der Waals surface area contributed by atoms with Gasteiger partial charge in [-0.15, -0.1) is 4.91 Å². The average molecular weight is 206 g/mol. The second kappa shape index (κ2) is 8.47. The minimum Gasteiger partial charge on any atom is -0.344 e. The molecule has 2 unspecified atom stereocenters. The summed E-state index contributed by atoms with van der Waals surface area (Å²) in [6, 6.07) is 5.56. The van der Waals surface area contributed by atoms with Crippen LogP contribution in [0.2, 0.25) is 0 Å². The summed E-state index contributed by atoms with van der Waals surface area (Å²) in [5, 5.41) is 27.7. The lowest BCUT2D eigenvalue weighted by molar-refractivity contribution is 0.0644. The zero-order valence-electron chi connectivity index (χ0n) is 8.09. The van der Waals surface area contributed by atoms with Gasteiger partial charge < -0.3 is 4.84 Å². The minimum atomic E-state index is -1.12. The Kier molecular flexibility index (Phi) is 7.27. The van der Waals surface area contributed by atoms with Crippen molar-refractivity contribution < 1.29 is 4.84 Å². The van der Waals surface area contributed by atoms with Crippen molar-refractivity contribution in [1.29, 1.82) is 15.8 Å². The fourth-order valence-corrected chi connectivity index (χ4v) is 1.09. The Morgan fingerprint density at radius 1 is 1.20 bits per heavy atom. The molecule has 0 amide bonds. The third-order valence-corrected chi connectivity index (χ3v) is 1.87. The number of hydrogen-bond acceptors (Lipinski definition) is 6. The van der Waals surface area contributed by atoms with E-state index in [1.165, 1.54) is 0 Å². The lowest BCUT2D eigenvalue weighted by Crippen LogP contribution is -2.19. The first-order valence-electron chi connectivity index (χ1n) is 4.44. The Labute approximate surface area is 87.6 Å². The molecule has 0 aromatic heterocycles. The van der Waals surface area contributed by atoms with Gasteiger partial charge in [-0.05, 0) is 12.8 Å². The Bertz CT molecular complexity index is 310. The highest BCUT2D eigenvalue weighted by molar-refractivity contribution is 4.99. The molecule has 78 valence electrons. The van der Waals surface area contributed by atoms with Gasteiger partial charge in [0, 0.05) is 6.42 Å².